The lowest BCUT2D eigenvalue weighted by atomic mass is 10.00. The summed E-state index contributed by atoms with van der Waals surface area (Å²) in [6.45, 7) is 9.47. The summed E-state index contributed by atoms with van der Waals surface area (Å²) in [5, 5.41) is 4.35. The summed E-state index contributed by atoms with van der Waals surface area (Å²) in [4.78, 5) is 14.4. The topological polar surface area (TPSA) is 34.4 Å². The van der Waals surface area contributed by atoms with Crippen molar-refractivity contribution in [1.29, 1.82) is 0 Å². The maximum atomic E-state index is 12.5. The van der Waals surface area contributed by atoms with Gasteiger partial charge in [-0.15, -0.1) is 0 Å². The minimum absolute atomic E-state index is 0.151. The molecule has 0 unspecified atom stereocenters. The van der Waals surface area contributed by atoms with Crippen LogP contribution >= 0.6 is 0 Å². The van der Waals surface area contributed by atoms with E-state index in [4.69, 9.17) is 0 Å². The first-order valence-electron chi connectivity index (χ1n) is 6.60. The third kappa shape index (κ3) is 2.72. The van der Waals surface area contributed by atoms with Crippen molar-refractivity contribution in [3.05, 3.63) is 34.4 Å². The number of carbonyl (C=O) groups is 1. The second-order valence-corrected chi connectivity index (χ2v) is 5.05. The zero-order chi connectivity index (χ0) is 13.1. The highest BCUT2D eigenvalue weighted by molar-refractivity contribution is 5.94. The van der Waals surface area contributed by atoms with E-state index in [0.29, 0.717) is 0 Å². The Hall–Kier alpha value is -1.35. The average Bonchev–Trinajstić information content (AvgIpc) is 2.63. The maximum absolute atomic E-state index is 12.5. The van der Waals surface area contributed by atoms with Crippen molar-refractivity contribution >= 4 is 5.91 Å². The lowest BCUT2D eigenvalue weighted by Crippen LogP contribution is -2.33. The van der Waals surface area contributed by atoms with Crippen LogP contribution in [0.4, 0.5) is 0 Å². The highest BCUT2D eigenvalue weighted by Crippen LogP contribution is 2.17. The predicted molar refractivity (Wildman–Crippen MR) is 73.0 cm³/mol. The van der Waals surface area contributed by atoms with Crippen LogP contribution in [0.3, 0.4) is 0 Å². The van der Waals surface area contributed by atoms with Gasteiger partial charge in [0.05, 0.1) is 0 Å². The highest BCUT2D eigenvalue weighted by Gasteiger charge is 2.18. The Morgan fingerprint density at radius 2 is 1.78 bits per heavy atom. The van der Waals surface area contributed by atoms with E-state index >= 15 is 0 Å². The molecular weight excluding hydrogens is 224 g/mol. The monoisotopic (exact) mass is 245 g/mol. The van der Waals surface area contributed by atoms with E-state index in [1.54, 1.807) is 0 Å². The quantitative estimate of drug-likeness (QED) is 0.745. The van der Waals surface area contributed by atoms with Gasteiger partial charge in [-0.25, -0.2) is 5.32 Å². The van der Waals surface area contributed by atoms with E-state index < -0.39 is 0 Å². The Morgan fingerprint density at radius 3 is 2.44 bits per heavy atom. The molecule has 1 radical (unpaired) electrons. The van der Waals surface area contributed by atoms with Crippen LogP contribution in [0, 0.1) is 20.8 Å². The van der Waals surface area contributed by atoms with Crippen LogP contribution < -0.4 is 5.32 Å². The summed E-state index contributed by atoms with van der Waals surface area (Å²) in [5.41, 5.74) is 4.48. The van der Waals surface area contributed by atoms with Crippen LogP contribution in [0.25, 0.3) is 0 Å². The molecule has 2 rings (SSSR count). The zero-order valence-electron chi connectivity index (χ0n) is 11.5. The van der Waals surface area contributed by atoms with Crippen LogP contribution in [0.2, 0.25) is 0 Å². The van der Waals surface area contributed by atoms with Crippen molar-refractivity contribution in [3.8, 4) is 0 Å². The van der Waals surface area contributed by atoms with Crippen LogP contribution in [0.1, 0.15) is 33.5 Å². The molecule has 1 aliphatic rings. The Labute approximate surface area is 109 Å². The lowest BCUT2D eigenvalue weighted by Gasteiger charge is -2.20. The molecule has 3 heteroatoms. The van der Waals surface area contributed by atoms with Crippen molar-refractivity contribution in [2.75, 3.05) is 26.2 Å². The second-order valence-electron chi connectivity index (χ2n) is 5.05. The molecule has 1 fully saturated rings. The minimum atomic E-state index is 0.151. The van der Waals surface area contributed by atoms with Crippen LogP contribution in [-0.4, -0.2) is 37.0 Å². The molecule has 0 atom stereocenters. The average molecular weight is 245 g/mol. The van der Waals surface area contributed by atoms with Gasteiger partial charge in [-0.2, -0.15) is 0 Å². The number of benzene rings is 1. The van der Waals surface area contributed by atoms with Gasteiger partial charge < -0.3 is 4.90 Å². The van der Waals surface area contributed by atoms with E-state index in [-0.39, 0.29) is 5.91 Å². The summed E-state index contributed by atoms with van der Waals surface area (Å²) in [6, 6.07) is 4.01. The van der Waals surface area contributed by atoms with E-state index in [2.05, 4.69) is 26.1 Å². The third-order valence-corrected chi connectivity index (χ3v) is 3.73. The molecule has 1 aliphatic heterocycles. The van der Waals surface area contributed by atoms with Gasteiger partial charge in [-0.1, -0.05) is 0 Å². The number of rotatable bonds is 1. The van der Waals surface area contributed by atoms with Gasteiger partial charge in [0.1, 0.15) is 0 Å². The molecule has 0 aromatic heterocycles. The summed E-state index contributed by atoms with van der Waals surface area (Å²) in [7, 11) is 0. The molecule has 0 spiro atoms. The molecule has 97 valence electrons. The minimum Gasteiger partial charge on any atom is -0.337 e. The Kier molecular flexibility index (Phi) is 4.02. The van der Waals surface area contributed by atoms with Crippen LogP contribution in [-0.2, 0) is 0 Å². The Morgan fingerprint density at radius 1 is 1.11 bits per heavy atom. The van der Waals surface area contributed by atoms with Gasteiger partial charge in [-0.3, -0.25) is 4.79 Å². The number of carbonyl (C=O) groups excluding carboxylic acids is 1. The predicted octanol–water partition coefficient (Wildman–Crippen LogP) is 2.06. The molecule has 1 saturated heterocycles. The van der Waals surface area contributed by atoms with Gasteiger partial charge >= 0.3 is 0 Å². The van der Waals surface area contributed by atoms with Gasteiger partial charge in [0.25, 0.3) is 5.91 Å². The fourth-order valence-electron chi connectivity index (χ4n) is 2.33. The standard InChI is InChI=1S/C15H21N2O/c1-11-9-14(10-12(2)13(11)3)15(18)17-7-4-5-16-6-8-17/h9-10H,4-8H2,1-3H3. The summed E-state index contributed by atoms with van der Waals surface area (Å²) >= 11 is 0. The zero-order valence-corrected chi connectivity index (χ0v) is 11.5. The van der Waals surface area contributed by atoms with Gasteiger partial charge in [-0.05, 0) is 56.0 Å². The van der Waals surface area contributed by atoms with Crippen LogP contribution in [0.15, 0.2) is 12.1 Å². The van der Waals surface area contributed by atoms with Gasteiger partial charge in [0.15, 0.2) is 0 Å². The second kappa shape index (κ2) is 5.53. The first kappa shape index (κ1) is 13.1. The van der Waals surface area contributed by atoms with Gasteiger partial charge in [0, 0.05) is 31.7 Å². The smallest absolute Gasteiger partial charge is 0.253 e. The largest absolute Gasteiger partial charge is 0.337 e. The molecule has 1 amide bonds. The van der Waals surface area contributed by atoms with Crippen molar-refractivity contribution in [2.45, 2.75) is 27.2 Å². The lowest BCUT2D eigenvalue weighted by molar-refractivity contribution is 0.0766. The first-order chi connectivity index (χ1) is 8.59. The summed E-state index contributed by atoms with van der Waals surface area (Å²) in [6.07, 6.45) is 0.982. The van der Waals surface area contributed by atoms with E-state index in [1.807, 2.05) is 17.0 Å². The third-order valence-electron chi connectivity index (χ3n) is 3.73. The number of aryl methyl sites for hydroxylation is 2. The molecule has 0 N–H and O–H groups in total. The molecule has 1 heterocycles. The van der Waals surface area contributed by atoms with Crippen molar-refractivity contribution in [3.63, 3.8) is 0 Å². The Balaban J connectivity index is 2.22. The normalized spacial score (nSPS) is 16.5. The fourth-order valence-corrected chi connectivity index (χ4v) is 2.33. The van der Waals surface area contributed by atoms with Crippen molar-refractivity contribution < 1.29 is 4.79 Å². The number of hydrogen-bond acceptors (Lipinski definition) is 1. The maximum Gasteiger partial charge on any atom is 0.253 e. The van der Waals surface area contributed by atoms with E-state index in [1.165, 1.54) is 16.7 Å². The number of amides is 1. The van der Waals surface area contributed by atoms with Crippen LogP contribution in [0.5, 0.6) is 0 Å². The number of hydrogen-bond donors (Lipinski definition) is 0. The molecule has 0 saturated carbocycles. The Bertz CT molecular complexity index is 423. The SMILES string of the molecule is Cc1cc(C(=O)N2CCC[N]CC2)cc(C)c1C. The highest BCUT2D eigenvalue weighted by atomic mass is 16.2. The molecule has 3 nitrogen and oxygen atoms in total. The first-order valence-corrected chi connectivity index (χ1v) is 6.60. The number of nitrogens with zero attached hydrogens (tertiary/aromatic N) is 2. The van der Waals surface area contributed by atoms with E-state index in [9.17, 15) is 4.79 Å². The molecule has 1 aromatic rings. The van der Waals surface area contributed by atoms with E-state index in [0.717, 1.165) is 38.2 Å². The van der Waals surface area contributed by atoms with Crippen molar-refractivity contribution in [2.24, 2.45) is 0 Å². The molecule has 18 heavy (non-hydrogen) atoms. The summed E-state index contributed by atoms with van der Waals surface area (Å²) in [5.74, 6) is 0.151. The molecule has 0 bridgehead atoms. The van der Waals surface area contributed by atoms with Gasteiger partial charge in [0.2, 0.25) is 0 Å². The fraction of sp³-hybridized carbons (Fsp3) is 0.533. The van der Waals surface area contributed by atoms with Crippen molar-refractivity contribution in [1.82, 2.24) is 10.2 Å². The molecular formula is C15H21N2O. The molecule has 0 aliphatic carbocycles. The summed E-state index contributed by atoms with van der Waals surface area (Å²) < 4.78 is 0. The molecule has 1 aromatic carbocycles.